The van der Waals surface area contributed by atoms with Crippen LogP contribution in [0.4, 0.5) is 17.2 Å². The number of benzene rings is 1. The van der Waals surface area contributed by atoms with Gasteiger partial charge < -0.3 is 25.9 Å². The van der Waals surface area contributed by atoms with Gasteiger partial charge in [-0.15, -0.1) is 0 Å². The highest BCUT2D eigenvalue weighted by molar-refractivity contribution is 6.00. The van der Waals surface area contributed by atoms with Gasteiger partial charge >= 0.3 is 0 Å². The lowest BCUT2D eigenvalue weighted by Crippen LogP contribution is -2.17. The Labute approximate surface area is 142 Å². The fourth-order valence-corrected chi connectivity index (χ4v) is 2.08. The van der Waals surface area contributed by atoms with Gasteiger partial charge in [0.05, 0.1) is 24.4 Å². The maximum atomic E-state index is 8.81. The van der Waals surface area contributed by atoms with E-state index in [1.165, 1.54) is 6.92 Å². The summed E-state index contributed by atoms with van der Waals surface area (Å²) in [6.45, 7) is 7.82. The van der Waals surface area contributed by atoms with Crippen LogP contribution in [0.25, 0.3) is 10.9 Å². The molecule has 0 aliphatic carbocycles. The number of fused-ring (bicyclic) bond motifs is 1. The predicted octanol–water partition coefficient (Wildman–Crippen LogP) is 2.00. The topological polar surface area (TPSA) is 102 Å². The quantitative estimate of drug-likeness (QED) is 0.388. The van der Waals surface area contributed by atoms with Crippen LogP contribution in [0, 0.1) is 0 Å². The maximum absolute atomic E-state index is 8.81. The summed E-state index contributed by atoms with van der Waals surface area (Å²) in [7, 11) is 1.90. The van der Waals surface area contributed by atoms with Gasteiger partial charge in [-0.3, -0.25) is 4.99 Å². The zero-order valence-corrected chi connectivity index (χ0v) is 14.2. The number of nitrogen functional groups attached to an aromatic ring is 1. The molecular weight excluding hydrogens is 306 g/mol. The molecule has 0 unspecified atom stereocenters. The highest BCUT2D eigenvalue weighted by Crippen LogP contribution is 2.36. The van der Waals surface area contributed by atoms with Crippen molar-refractivity contribution in [3.05, 3.63) is 24.3 Å². The van der Waals surface area contributed by atoms with E-state index in [4.69, 9.17) is 15.3 Å². The zero-order valence-electron chi connectivity index (χ0n) is 14.2. The molecular formula is C17H25N5O2. The number of carbonyl (C=O) groups is 1. The Morgan fingerprint density at radius 1 is 1.33 bits per heavy atom. The second kappa shape index (κ2) is 11.1. The van der Waals surface area contributed by atoms with Crippen molar-refractivity contribution in [1.29, 1.82) is 0 Å². The molecule has 1 aromatic carbocycles. The minimum absolute atomic E-state index is 0.377. The van der Waals surface area contributed by atoms with Crippen molar-refractivity contribution in [2.24, 2.45) is 4.99 Å². The SMILES string of the molecule is C=Nc1c(N)nc2ccccc2c1NCCOCCNC.CC=O. The maximum Gasteiger partial charge on any atom is 0.152 e. The minimum atomic E-state index is 0.377. The number of aromatic nitrogens is 1. The number of hydrogen-bond acceptors (Lipinski definition) is 7. The third-order valence-corrected chi connectivity index (χ3v) is 3.10. The van der Waals surface area contributed by atoms with Crippen molar-refractivity contribution >= 4 is 41.1 Å². The van der Waals surface area contributed by atoms with Crippen LogP contribution in [0.15, 0.2) is 29.3 Å². The zero-order chi connectivity index (χ0) is 17.8. The van der Waals surface area contributed by atoms with Crippen LogP contribution in [0.3, 0.4) is 0 Å². The smallest absolute Gasteiger partial charge is 0.152 e. The summed E-state index contributed by atoms with van der Waals surface area (Å²) in [6, 6.07) is 7.80. The van der Waals surface area contributed by atoms with Crippen LogP contribution >= 0.6 is 0 Å². The van der Waals surface area contributed by atoms with E-state index in [0.717, 1.165) is 29.4 Å². The van der Waals surface area contributed by atoms with Crippen LogP contribution in [0.5, 0.6) is 0 Å². The summed E-state index contributed by atoms with van der Waals surface area (Å²) in [6.07, 6.45) is 0.750. The van der Waals surface area contributed by atoms with E-state index < -0.39 is 0 Å². The Bertz CT molecular complexity index is 661. The van der Waals surface area contributed by atoms with E-state index in [1.54, 1.807) is 0 Å². The van der Waals surface area contributed by atoms with E-state index in [2.05, 4.69) is 27.3 Å². The first-order chi connectivity index (χ1) is 11.7. The fraction of sp³-hybridized carbons (Fsp3) is 0.353. The summed E-state index contributed by atoms with van der Waals surface area (Å²) in [5.41, 5.74) is 8.22. The number of pyridine rings is 1. The van der Waals surface area contributed by atoms with E-state index >= 15 is 0 Å². The molecule has 1 heterocycles. The summed E-state index contributed by atoms with van der Waals surface area (Å²) >= 11 is 0. The fourth-order valence-electron chi connectivity index (χ4n) is 2.08. The number of aliphatic imine (C=N–C) groups is 1. The van der Waals surface area contributed by atoms with Crippen molar-refractivity contribution in [2.45, 2.75) is 6.92 Å². The Kier molecular flexibility index (Phi) is 9.03. The van der Waals surface area contributed by atoms with Gasteiger partial charge in [-0.25, -0.2) is 4.98 Å². The third kappa shape index (κ3) is 5.60. The summed E-state index contributed by atoms with van der Waals surface area (Å²) in [5.74, 6) is 0.377. The Balaban J connectivity index is 0.000000891. The molecule has 0 aliphatic rings. The summed E-state index contributed by atoms with van der Waals surface area (Å²) < 4.78 is 5.49. The van der Waals surface area contributed by atoms with Gasteiger partial charge in [-0.1, -0.05) is 18.2 Å². The number of likely N-dealkylation sites (N-methyl/N-ethyl adjacent to an activating group) is 1. The van der Waals surface area contributed by atoms with E-state index in [0.29, 0.717) is 31.3 Å². The predicted molar refractivity (Wildman–Crippen MR) is 100 cm³/mol. The molecule has 4 N–H and O–H groups in total. The molecule has 0 amide bonds. The van der Waals surface area contributed by atoms with Crippen molar-refractivity contribution in [1.82, 2.24) is 10.3 Å². The number of para-hydroxylation sites is 1. The van der Waals surface area contributed by atoms with E-state index in [1.807, 2.05) is 31.3 Å². The van der Waals surface area contributed by atoms with Gasteiger partial charge in [0.15, 0.2) is 5.82 Å². The lowest BCUT2D eigenvalue weighted by molar-refractivity contribution is -0.106. The van der Waals surface area contributed by atoms with Gasteiger partial charge in [-0.05, 0) is 26.8 Å². The Morgan fingerprint density at radius 3 is 2.67 bits per heavy atom. The molecule has 0 bridgehead atoms. The number of nitrogens with one attached hydrogen (secondary N) is 2. The normalized spacial score (nSPS) is 9.92. The molecule has 0 radical (unpaired) electrons. The van der Waals surface area contributed by atoms with Crippen LogP contribution in [0.2, 0.25) is 0 Å². The monoisotopic (exact) mass is 331 g/mol. The standard InChI is InChI=1S/C15H21N5O.C2H4O/c1-17-7-9-21-10-8-19-13-11-5-3-4-6-12(11)20-15(16)14(13)18-2;1-2-3/h3-6,17H,2,7-10H2,1H3,(H3,16,19,20);2H,1H3. The molecule has 24 heavy (non-hydrogen) atoms. The first kappa shape index (κ1) is 19.5. The molecule has 0 spiro atoms. The number of hydrogen-bond donors (Lipinski definition) is 3. The Hall–Kier alpha value is -2.51. The largest absolute Gasteiger partial charge is 0.382 e. The minimum Gasteiger partial charge on any atom is -0.382 e. The number of rotatable bonds is 8. The molecule has 1 aromatic heterocycles. The molecule has 2 aromatic rings. The molecule has 0 atom stereocenters. The molecule has 7 heteroatoms. The molecule has 0 saturated carbocycles. The van der Waals surface area contributed by atoms with Crippen LogP contribution in [-0.4, -0.2) is 51.3 Å². The van der Waals surface area contributed by atoms with Gasteiger partial charge in [0, 0.05) is 18.5 Å². The van der Waals surface area contributed by atoms with E-state index in [9.17, 15) is 0 Å². The summed E-state index contributed by atoms with van der Waals surface area (Å²) in [5, 5.41) is 7.33. The number of aldehydes is 1. The number of anilines is 2. The van der Waals surface area contributed by atoms with Crippen LogP contribution < -0.4 is 16.4 Å². The van der Waals surface area contributed by atoms with Gasteiger partial charge in [0.1, 0.15) is 12.0 Å². The Morgan fingerprint density at radius 2 is 2.00 bits per heavy atom. The number of ether oxygens (including phenoxy) is 1. The lowest BCUT2D eigenvalue weighted by atomic mass is 10.1. The average molecular weight is 331 g/mol. The highest BCUT2D eigenvalue weighted by Gasteiger charge is 2.11. The molecule has 7 nitrogen and oxygen atoms in total. The second-order valence-corrected chi connectivity index (χ2v) is 4.77. The summed E-state index contributed by atoms with van der Waals surface area (Å²) in [4.78, 5) is 17.1. The first-order valence-electron chi connectivity index (χ1n) is 7.70. The van der Waals surface area contributed by atoms with Crippen LogP contribution in [-0.2, 0) is 9.53 Å². The number of nitrogens with two attached hydrogens (primary N) is 1. The third-order valence-electron chi connectivity index (χ3n) is 3.10. The molecule has 0 saturated heterocycles. The van der Waals surface area contributed by atoms with Crippen molar-refractivity contribution in [3.8, 4) is 0 Å². The molecule has 0 fully saturated rings. The van der Waals surface area contributed by atoms with Crippen molar-refractivity contribution < 1.29 is 9.53 Å². The van der Waals surface area contributed by atoms with Crippen molar-refractivity contribution in [3.63, 3.8) is 0 Å². The van der Waals surface area contributed by atoms with Crippen LogP contribution in [0.1, 0.15) is 6.92 Å². The average Bonchev–Trinajstić information content (AvgIpc) is 2.58. The van der Waals surface area contributed by atoms with E-state index in [-0.39, 0.29) is 0 Å². The van der Waals surface area contributed by atoms with Gasteiger partial charge in [0.2, 0.25) is 0 Å². The number of carbonyl (C=O) groups excluding carboxylic acids is 1. The van der Waals surface area contributed by atoms with Gasteiger partial charge in [-0.2, -0.15) is 0 Å². The number of nitrogens with zero attached hydrogens (tertiary/aromatic N) is 2. The molecule has 130 valence electrons. The van der Waals surface area contributed by atoms with Gasteiger partial charge in [0.25, 0.3) is 0 Å². The lowest BCUT2D eigenvalue weighted by Gasteiger charge is -2.14. The second-order valence-electron chi connectivity index (χ2n) is 4.77. The molecule has 0 aliphatic heterocycles. The van der Waals surface area contributed by atoms with Crippen molar-refractivity contribution in [2.75, 3.05) is 44.4 Å². The first-order valence-corrected chi connectivity index (χ1v) is 7.70. The molecule has 2 rings (SSSR count). The highest BCUT2D eigenvalue weighted by atomic mass is 16.5.